The number of sulfonamides is 1. The van der Waals surface area contributed by atoms with Gasteiger partial charge in [0.25, 0.3) is 0 Å². The van der Waals surface area contributed by atoms with Crippen molar-refractivity contribution in [3.05, 3.63) is 63.4 Å². The summed E-state index contributed by atoms with van der Waals surface area (Å²) in [6.07, 6.45) is 0.626. The van der Waals surface area contributed by atoms with Crippen molar-refractivity contribution >= 4 is 38.1 Å². The van der Waals surface area contributed by atoms with Crippen LogP contribution in [0.25, 0.3) is 0 Å². The number of amides is 1. The third-order valence-corrected chi connectivity index (χ3v) is 7.33. The van der Waals surface area contributed by atoms with E-state index in [1.165, 1.54) is 16.4 Å². The Hall–Kier alpha value is -2.38. The van der Waals surface area contributed by atoms with Gasteiger partial charge in [-0.3, -0.25) is 4.79 Å². The Morgan fingerprint density at radius 2 is 1.47 bits per heavy atom. The molecule has 13 heteroatoms. The highest BCUT2D eigenvalue weighted by molar-refractivity contribution is 9.10. The summed E-state index contributed by atoms with van der Waals surface area (Å²) in [6.45, 7) is 0.107. The van der Waals surface area contributed by atoms with E-state index in [9.17, 15) is 35.2 Å². The second-order valence-electron chi connectivity index (χ2n) is 6.85. The van der Waals surface area contributed by atoms with E-state index in [4.69, 9.17) is 0 Å². The van der Waals surface area contributed by atoms with Crippen molar-refractivity contribution in [3.8, 4) is 0 Å². The van der Waals surface area contributed by atoms with Crippen LogP contribution in [-0.2, 0) is 14.8 Å². The lowest BCUT2D eigenvalue weighted by Crippen LogP contribution is -2.42. The van der Waals surface area contributed by atoms with Gasteiger partial charge in [-0.05, 0) is 37.1 Å². The minimum absolute atomic E-state index is 0.0534. The van der Waals surface area contributed by atoms with Crippen molar-refractivity contribution in [2.24, 2.45) is 11.0 Å². The van der Waals surface area contributed by atoms with Crippen LogP contribution in [0.15, 0.2) is 38.7 Å². The molecule has 2 aromatic carbocycles. The average Bonchev–Trinajstić information content (AvgIpc) is 2.79. The molecule has 1 fully saturated rings. The molecule has 32 heavy (non-hydrogen) atoms. The molecule has 2 aromatic rings. The summed E-state index contributed by atoms with van der Waals surface area (Å²) < 4.78 is 93.9. The molecule has 0 aliphatic carbocycles. The van der Waals surface area contributed by atoms with Gasteiger partial charge in [0.1, 0.15) is 0 Å². The van der Waals surface area contributed by atoms with Gasteiger partial charge in [0.2, 0.25) is 21.7 Å². The number of carbonyl (C=O) groups excluding carboxylic acids is 1. The van der Waals surface area contributed by atoms with Gasteiger partial charge in [-0.1, -0.05) is 15.9 Å². The van der Waals surface area contributed by atoms with E-state index < -0.39 is 56.5 Å². The summed E-state index contributed by atoms with van der Waals surface area (Å²) in [7, 11) is -3.74. The fraction of sp³-hybridized carbons (Fsp3) is 0.263. The van der Waals surface area contributed by atoms with E-state index in [1.54, 1.807) is 12.1 Å². The minimum Gasteiger partial charge on any atom is -0.273 e. The van der Waals surface area contributed by atoms with Crippen molar-refractivity contribution in [2.75, 3.05) is 13.1 Å². The summed E-state index contributed by atoms with van der Waals surface area (Å²) in [6, 6.07) is 6.09. The van der Waals surface area contributed by atoms with Crippen LogP contribution in [0.4, 0.5) is 22.0 Å². The maximum Gasteiger partial charge on any atom is 0.243 e. The van der Waals surface area contributed by atoms with Gasteiger partial charge >= 0.3 is 0 Å². The second-order valence-corrected chi connectivity index (χ2v) is 9.70. The molecule has 0 unspecified atom stereocenters. The van der Waals surface area contributed by atoms with Gasteiger partial charge in [0.05, 0.1) is 16.7 Å². The molecule has 0 bridgehead atoms. The summed E-state index contributed by atoms with van der Waals surface area (Å²) in [4.78, 5) is 12.3. The molecule has 0 atom stereocenters. The number of nitrogens with one attached hydrogen (secondary N) is 1. The number of hydrogen-bond acceptors (Lipinski definition) is 4. The normalized spacial score (nSPS) is 15.9. The summed E-state index contributed by atoms with van der Waals surface area (Å²) in [5.41, 5.74) is 0.691. The second kappa shape index (κ2) is 9.63. The first kappa shape index (κ1) is 24.3. The van der Waals surface area contributed by atoms with Gasteiger partial charge in [-0.25, -0.2) is 35.8 Å². The van der Waals surface area contributed by atoms with Crippen LogP contribution in [0.2, 0.25) is 0 Å². The fourth-order valence-corrected chi connectivity index (χ4v) is 4.83. The summed E-state index contributed by atoms with van der Waals surface area (Å²) >= 11 is 3.23. The molecule has 1 amide bonds. The molecule has 0 radical (unpaired) electrons. The Labute approximate surface area is 188 Å². The molecule has 0 spiro atoms. The SMILES string of the molecule is O=C(N/N=C/c1c(F)c(F)c(F)c(F)c1F)C1CCN(S(=O)(=O)c2ccc(Br)cc2)CC1. The van der Waals surface area contributed by atoms with Crippen LogP contribution in [0.3, 0.4) is 0 Å². The van der Waals surface area contributed by atoms with E-state index in [2.05, 4.69) is 21.0 Å². The monoisotopic (exact) mass is 539 g/mol. The quantitative estimate of drug-likeness (QED) is 0.207. The fourth-order valence-electron chi connectivity index (χ4n) is 3.10. The topological polar surface area (TPSA) is 78.8 Å². The Bertz CT molecular complexity index is 1140. The first-order chi connectivity index (χ1) is 15.0. The smallest absolute Gasteiger partial charge is 0.243 e. The third kappa shape index (κ3) is 4.84. The summed E-state index contributed by atoms with van der Waals surface area (Å²) in [5, 5.41) is 3.28. The molecule has 1 heterocycles. The highest BCUT2D eigenvalue weighted by atomic mass is 79.9. The number of hydrazone groups is 1. The van der Waals surface area contributed by atoms with Crippen molar-refractivity contribution in [1.82, 2.24) is 9.73 Å². The average molecular weight is 540 g/mol. The van der Waals surface area contributed by atoms with E-state index in [1.807, 2.05) is 5.43 Å². The third-order valence-electron chi connectivity index (χ3n) is 4.89. The highest BCUT2D eigenvalue weighted by Crippen LogP contribution is 2.25. The Kier molecular flexibility index (Phi) is 7.30. The lowest BCUT2D eigenvalue weighted by Gasteiger charge is -2.30. The lowest BCUT2D eigenvalue weighted by atomic mass is 9.98. The van der Waals surface area contributed by atoms with E-state index >= 15 is 0 Å². The highest BCUT2D eigenvalue weighted by Gasteiger charge is 2.32. The van der Waals surface area contributed by atoms with Crippen molar-refractivity contribution in [3.63, 3.8) is 0 Å². The molecule has 1 aliphatic heterocycles. The first-order valence-electron chi connectivity index (χ1n) is 9.14. The molecule has 1 aliphatic rings. The molecule has 6 nitrogen and oxygen atoms in total. The maximum absolute atomic E-state index is 13.6. The minimum atomic E-state index is -3.74. The zero-order chi connectivity index (χ0) is 23.6. The van der Waals surface area contributed by atoms with Crippen LogP contribution in [0, 0.1) is 35.0 Å². The maximum atomic E-state index is 13.6. The molecule has 1 saturated heterocycles. The molecule has 3 rings (SSSR count). The van der Waals surface area contributed by atoms with Gasteiger partial charge in [-0.15, -0.1) is 0 Å². The van der Waals surface area contributed by atoms with Crippen molar-refractivity contribution in [1.29, 1.82) is 0 Å². The predicted octanol–water partition coefficient (Wildman–Crippen LogP) is 3.70. The Balaban J connectivity index is 1.61. The predicted molar refractivity (Wildman–Crippen MR) is 108 cm³/mol. The van der Waals surface area contributed by atoms with Crippen LogP contribution in [-0.4, -0.2) is 37.9 Å². The standard InChI is InChI=1S/C19H15BrF5N3O3S/c20-11-1-3-12(4-2-11)32(30,31)28-7-5-10(6-8-28)19(29)27-26-9-13-14(21)16(23)18(25)17(24)15(13)22/h1-4,9-10H,5-8H2,(H,27,29)/b26-9+. The molecule has 1 N–H and O–H groups in total. The van der Waals surface area contributed by atoms with Crippen LogP contribution >= 0.6 is 15.9 Å². The van der Waals surface area contributed by atoms with Crippen LogP contribution in [0.5, 0.6) is 0 Å². The number of rotatable bonds is 5. The van der Waals surface area contributed by atoms with E-state index in [-0.39, 0.29) is 30.8 Å². The number of carbonyl (C=O) groups is 1. The number of piperidine rings is 1. The van der Waals surface area contributed by atoms with Crippen LogP contribution in [0.1, 0.15) is 18.4 Å². The first-order valence-corrected chi connectivity index (χ1v) is 11.4. The molecule has 0 saturated carbocycles. The lowest BCUT2D eigenvalue weighted by molar-refractivity contribution is -0.126. The molecule has 172 valence electrons. The van der Waals surface area contributed by atoms with Crippen LogP contribution < -0.4 is 5.43 Å². The number of halogens is 6. The van der Waals surface area contributed by atoms with Crippen molar-refractivity contribution in [2.45, 2.75) is 17.7 Å². The Morgan fingerprint density at radius 1 is 0.969 bits per heavy atom. The zero-order valence-electron chi connectivity index (χ0n) is 16.1. The number of nitrogens with zero attached hydrogens (tertiary/aromatic N) is 2. The largest absolute Gasteiger partial charge is 0.273 e. The van der Waals surface area contributed by atoms with Crippen molar-refractivity contribution < 1.29 is 35.2 Å². The number of hydrogen-bond donors (Lipinski definition) is 1. The van der Waals surface area contributed by atoms with Gasteiger partial charge in [0, 0.05) is 23.5 Å². The van der Waals surface area contributed by atoms with E-state index in [0.717, 1.165) is 4.47 Å². The van der Waals surface area contributed by atoms with E-state index in [0.29, 0.717) is 6.21 Å². The zero-order valence-corrected chi connectivity index (χ0v) is 18.5. The summed E-state index contributed by atoms with van der Waals surface area (Å²) in [5.74, 6) is -12.0. The van der Waals surface area contributed by atoms with Gasteiger partial charge < -0.3 is 0 Å². The molecule has 0 aromatic heterocycles. The van der Waals surface area contributed by atoms with Gasteiger partial charge in [0.15, 0.2) is 23.3 Å². The molecular formula is C19H15BrF5N3O3S. The van der Waals surface area contributed by atoms with Gasteiger partial charge in [-0.2, -0.15) is 9.41 Å². The Morgan fingerprint density at radius 3 is 2.00 bits per heavy atom. The molecular weight excluding hydrogens is 525 g/mol. The number of benzene rings is 2.